The molecule has 0 spiro atoms. The molecule has 2 rings (SSSR count). The van der Waals surface area contributed by atoms with Crippen LogP contribution < -0.4 is 4.90 Å². The molecule has 0 amide bonds. The number of hydrogen-bond donors (Lipinski definition) is 0. The van der Waals surface area contributed by atoms with Crippen molar-refractivity contribution in [3.05, 3.63) is 34.8 Å². The van der Waals surface area contributed by atoms with Crippen LogP contribution >= 0.6 is 0 Å². The molecule has 0 aromatic carbocycles. The van der Waals surface area contributed by atoms with Crippen LogP contribution in [0.2, 0.25) is 0 Å². The second kappa shape index (κ2) is 5.82. The van der Waals surface area contributed by atoms with Crippen LogP contribution in [0.5, 0.6) is 0 Å². The van der Waals surface area contributed by atoms with E-state index >= 15 is 0 Å². The third-order valence-electron chi connectivity index (χ3n) is 4.86. The first kappa shape index (κ1) is 16.1. The van der Waals surface area contributed by atoms with Gasteiger partial charge in [0.2, 0.25) is 0 Å². The predicted molar refractivity (Wildman–Crippen MR) is 92.0 cm³/mol. The Morgan fingerprint density at radius 1 is 1.05 bits per heavy atom. The zero-order valence-corrected chi connectivity index (χ0v) is 14.9. The van der Waals surface area contributed by atoms with E-state index in [0.717, 1.165) is 5.69 Å². The van der Waals surface area contributed by atoms with Gasteiger partial charge in [0.25, 0.3) is 0 Å². The van der Waals surface area contributed by atoms with E-state index in [4.69, 9.17) is 4.98 Å². The van der Waals surface area contributed by atoms with Crippen molar-refractivity contribution in [1.82, 2.24) is 4.98 Å². The van der Waals surface area contributed by atoms with E-state index in [2.05, 4.69) is 72.6 Å². The van der Waals surface area contributed by atoms with Crippen molar-refractivity contribution in [3.8, 4) is 0 Å². The topological polar surface area (TPSA) is 16.1 Å². The van der Waals surface area contributed by atoms with Crippen LogP contribution in [0, 0.1) is 12.8 Å². The summed E-state index contributed by atoms with van der Waals surface area (Å²) >= 11 is 0. The number of rotatable bonds is 2. The van der Waals surface area contributed by atoms with Crippen LogP contribution in [0.4, 0.5) is 5.69 Å². The molecule has 2 nitrogen and oxygen atoms in total. The number of fused-ring (bicyclic) bond motifs is 1. The summed E-state index contributed by atoms with van der Waals surface area (Å²) in [6, 6.07) is 2.71. The lowest BCUT2D eigenvalue weighted by Gasteiger charge is -2.30. The lowest BCUT2D eigenvalue weighted by molar-refractivity contribution is 0.551. The van der Waals surface area contributed by atoms with Gasteiger partial charge in [-0.3, -0.25) is 4.98 Å². The van der Waals surface area contributed by atoms with Gasteiger partial charge in [-0.25, -0.2) is 0 Å². The molecule has 0 saturated carbocycles. The molecule has 1 aliphatic rings. The first-order valence-electron chi connectivity index (χ1n) is 8.22. The Labute approximate surface area is 130 Å². The Morgan fingerprint density at radius 2 is 1.67 bits per heavy atom. The molecular formula is C19H30N2. The molecule has 1 aromatic rings. The third kappa shape index (κ3) is 2.86. The van der Waals surface area contributed by atoms with Crippen LogP contribution in [0.25, 0.3) is 0 Å². The molecule has 0 fully saturated rings. The van der Waals surface area contributed by atoms with Gasteiger partial charge in [0.05, 0.1) is 11.4 Å². The second-order valence-electron chi connectivity index (χ2n) is 7.19. The van der Waals surface area contributed by atoms with Crippen molar-refractivity contribution in [1.29, 1.82) is 0 Å². The van der Waals surface area contributed by atoms with E-state index < -0.39 is 0 Å². The van der Waals surface area contributed by atoms with Gasteiger partial charge in [-0.15, -0.1) is 0 Å². The Bertz CT molecular complexity index is 555. The zero-order chi connectivity index (χ0) is 15.9. The summed E-state index contributed by atoms with van der Waals surface area (Å²) in [6.45, 7) is 18.1. The largest absolute Gasteiger partial charge is 0.344 e. The van der Waals surface area contributed by atoms with Crippen LogP contribution in [0.1, 0.15) is 77.3 Å². The smallest absolute Gasteiger partial charge is 0.0680 e. The third-order valence-corrected chi connectivity index (χ3v) is 4.86. The normalized spacial score (nSPS) is 22.4. The second-order valence-corrected chi connectivity index (χ2v) is 7.19. The lowest BCUT2D eigenvalue weighted by atomic mass is 9.86. The first-order valence-corrected chi connectivity index (χ1v) is 8.22. The number of aromatic nitrogens is 1. The van der Waals surface area contributed by atoms with Gasteiger partial charge in [-0.2, -0.15) is 0 Å². The summed E-state index contributed by atoms with van der Waals surface area (Å²) in [5.41, 5.74) is 6.63. The van der Waals surface area contributed by atoms with E-state index in [1.165, 1.54) is 22.5 Å². The van der Waals surface area contributed by atoms with Crippen LogP contribution in [0.3, 0.4) is 0 Å². The number of pyridine rings is 1. The molecular weight excluding hydrogens is 256 g/mol. The number of anilines is 1. The standard InChI is InChI=1S/C19H30N2/c1-11(2)17-9-14(6)20-18-16(8)15(7)13(5)10-21(12(3)4)19(17)18/h9-12,15-16H,1-8H3/t15-,16-/m1/s1. The SMILES string of the molecule is CC1=CN(C(C)C)c2c(C(C)C)cc(C)nc2[C@H](C)[C@@H]1C. The first-order chi connectivity index (χ1) is 9.73. The Hall–Kier alpha value is -1.31. The molecule has 0 aliphatic carbocycles. The maximum absolute atomic E-state index is 4.94. The number of allylic oxidation sites excluding steroid dienone is 1. The molecule has 2 heteroatoms. The van der Waals surface area contributed by atoms with Gasteiger partial charge in [-0.1, -0.05) is 33.3 Å². The van der Waals surface area contributed by atoms with Crippen molar-refractivity contribution in [3.63, 3.8) is 0 Å². The van der Waals surface area contributed by atoms with Gasteiger partial charge >= 0.3 is 0 Å². The molecule has 2 atom stereocenters. The van der Waals surface area contributed by atoms with Crippen molar-refractivity contribution in [2.24, 2.45) is 5.92 Å². The molecule has 116 valence electrons. The number of aryl methyl sites for hydroxylation is 1. The summed E-state index contributed by atoms with van der Waals surface area (Å²) in [6.07, 6.45) is 2.35. The average molecular weight is 286 g/mol. The van der Waals surface area contributed by atoms with E-state index in [0.29, 0.717) is 23.8 Å². The average Bonchev–Trinajstić information content (AvgIpc) is 2.49. The molecule has 0 N–H and O–H groups in total. The number of hydrogen-bond acceptors (Lipinski definition) is 2. The van der Waals surface area contributed by atoms with E-state index in [-0.39, 0.29) is 0 Å². The van der Waals surface area contributed by atoms with Crippen molar-refractivity contribution in [2.75, 3.05) is 4.90 Å². The minimum atomic E-state index is 0.443. The predicted octanol–water partition coefficient (Wildman–Crippen LogP) is 5.39. The molecule has 1 aromatic heterocycles. The highest BCUT2D eigenvalue weighted by Crippen LogP contribution is 2.42. The minimum Gasteiger partial charge on any atom is -0.344 e. The van der Waals surface area contributed by atoms with Crippen molar-refractivity contribution >= 4 is 5.69 Å². The highest BCUT2D eigenvalue weighted by atomic mass is 15.2. The van der Waals surface area contributed by atoms with Gasteiger partial charge in [-0.05, 0) is 51.2 Å². The molecule has 21 heavy (non-hydrogen) atoms. The maximum atomic E-state index is 4.94. The van der Waals surface area contributed by atoms with E-state index in [1.54, 1.807) is 0 Å². The molecule has 2 heterocycles. The maximum Gasteiger partial charge on any atom is 0.0680 e. The van der Waals surface area contributed by atoms with Crippen molar-refractivity contribution in [2.45, 2.75) is 73.3 Å². The number of nitrogens with zero attached hydrogens (tertiary/aromatic N) is 2. The fourth-order valence-electron chi connectivity index (χ4n) is 3.20. The Morgan fingerprint density at radius 3 is 2.19 bits per heavy atom. The molecule has 0 radical (unpaired) electrons. The van der Waals surface area contributed by atoms with Crippen LogP contribution in [-0.2, 0) is 0 Å². The lowest BCUT2D eigenvalue weighted by Crippen LogP contribution is -2.27. The van der Waals surface area contributed by atoms with Crippen LogP contribution in [-0.4, -0.2) is 11.0 Å². The van der Waals surface area contributed by atoms with Crippen molar-refractivity contribution < 1.29 is 0 Å². The Balaban J connectivity index is 2.78. The molecule has 1 aliphatic heterocycles. The fraction of sp³-hybridized carbons (Fsp3) is 0.632. The highest BCUT2D eigenvalue weighted by molar-refractivity contribution is 5.64. The summed E-state index contributed by atoms with van der Waals surface area (Å²) < 4.78 is 0. The monoisotopic (exact) mass is 286 g/mol. The van der Waals surface area contributed by atoms with Gasteiger partial charge in [0, 0.05) is 23.9 Å². The molecule has 0 unspecified atom stereocenters. The summed E-state index contributed by atoms with van der Waals surface area (Å²) in [7, 11) is 0. The quantitative estimate of drug-likeness (QED) is 0.725. The molecule has 0 saturated heterocycles. The fourth-order valence-corrected chi connectivity index (χ4v) is 3.20. The van der Waals surface area contributed by atoms with Crippen LogP contribution in [0.15, 0.2) is 17.8 Å². The zero-order valence-electron chi connectivity index (χ0n) is 14.9. The minimum absolute atomic E-state index is 0.443. The summed E-state index contributed by atoms with van der Waals surface area (Å²) in [5.74, 6) is 1.50. The summed E-state index contributed by atoms with van der Waals surface area (Å²) in [5, 5.41) is 0. The van der Waals surface area contributed by atoms with Gasteiger partial charge in [0.15, 0.2) is 0 Å². The summed E-state index contributed by atoms with van der Waals surface area (Å²) in [4.78, 5) is 7.38. The molecule has 0 bridgehead atoms. The highest BCUT2D eigenvalue weighted by Gasteiger charge is 2.30. The van der Waals surface area contributed by atoms with E-state index in [9.17, 15) is 0 Å². The Kier molecular flexibility index (Phi) is 4.46. The van der Waals surface area contributed by atoms with E-state index in [1.807, 2.05) is 0 Å². The van der Waals surface area contributed by atoms with Gasteiger partial charge in [0.1, 0.15) is 0 Å². The van der Waals surface area contributed by atoms with Gasteiger partial charge < -0.3 is 4.90 Å².